The maximum Gasteiger partial charge on any atom is 0.260 e. The van der Waals surface area contributed by atoms with Crippen molar-refractivity contribution in [1.29, 1.82) is 0 Å². The molecule has 4 rings (SSSR count). The Morgan fingerprint density at radius 3 is 2.42 bits per heavy atom. The van der Waals surface area contributed by atoms with Gasteiger partial charge in [-0.3, -0.25) is 14.5 Å². The van der Waals surface area contributed by atoms with Gasteiger partial charge in [0.25, 0.3) is 5.91 Å². The van der Waals surface area contributed by atoms with Gasteiger partial charge in [0.1, 0.15) is 11.6 Å². The summed E-state index contributed by atoms with van der Waals surface area (Å²) >= 11 is 0. The topological polar surface area (TPSA) is 61.9 Å². The van der Waals surface area contributed by atoms with Crippen molar-refractivity contribution in [2.75, 3.05) is 32.8 Å². The summed E-state index contributed by atoms with van der Waals surface area (Å²) in [7, 11) is 0. The van der Waals surface area contributed by atoms with Crippen molar-refractivity contribution < 1.29 is 18.7 Å². The van der Waals surface area contributed by atoms with Crippen molar-refractivity contribution >= 4 is 11.8 Å². The Hall–Kier alpha value is -2.93. The number of carbonyl (C=O) groups excluding carboxylic acids is 2. The van der Waals surface area contributed by atoms with Crippen LogP contribution in [0.25, 0.3) is 0 Å². The van der Waals surface area contributed by atoms with Crippen molar-refractivity contribution in [3.8, 4) is 5.75 Å². The number of amides is 2. The van der Waals surface area contributed by atoms with Crippen molar-refractivity contribution in [2.45, 2.75) is 38.3 Å². The number of hydrogen-bond acceptors (Lipinski definition) is 4. The molecule has 176 valence electrons. The van der Waals surface area contributed by atoms with Gasteiger partial charge in [-0.15, -0.1) is 0 Å². The zero-order valence-electron chi connectivity index (χ0n) is 18.9. The Labute approximate surface area is 194 Å². The Morgan fingerprint density at radius 2 is 1.73 bits per heavy atom. The fourth-order valence-corrected chi connectivity index (χ4v) is 4.89. The smallest absolute Gasteiger partial charge is 0.260 e. The maximum absolute atomic E-state index is 13.5. The molecule has 0 aromatic heterocycles. The number of halogens is 1. The van der Waals surface area contributed by atoms with Crippen LogP contribution in [0.4, 0.5) is 4.39 Å². The van der Waals surface area contributed by atoms with Crippen molar-refractivity contribution in [3.05, 3.63) is 66.0 Å². The molecule has 7 heteroatoms. The van der Waals surface area contributed by atoms with E-state index in [0.717, 1.165) is 31.2 Å². The standard InChI is InChI=1S/C26H32FN3O3/c27-22-10-6-7-20(17-22)18-28-26(32)25(21-8-4-5-9-21)30-15-13-29(14-16-30)24(31)19-33-23-11-2-1-3-12-23/h1-3,6-7,10-12,17,21,25H,4-5,8-9,13-16,18-19H2,(H,28,32). The number of benzene rings is 2. The number of ether oxygens (including phenoxy) is 1. The summed E-state index contributed by atoms with van der Waals surface area (Å²) in [4.78, 5) is 29.8. The zero-order chi connectivity index (χ0) is 23.0. The first-order valence-corrected chi connectivity index (χ1v) is 11.8. The number of nitrogens with zero attached hydrogens (tertiary/aromatic N) is 2. The summed E-state index contributed by atoms with van der Waals surface area (Å²) in [5.41, 5.74) is 0.752. The van der Waals surface area contributed by atoms with Gasteiger partial charge < -0.3 is 15.0 Å². The molecule has 2 amide bonds. The highest BCUT2D eigenvalue weighted by atomic mass is 19.1. The van der Waals surface area contributed by atoms with Gasteiger partial charge in [-0.25, -0.2) is 4.39 Å². The van der Waals surface area contributed by atoms with E-state index in [1.807, 2.05) is 41.3 Å². The predicted molar refractivity (Wildman–Crippen MR) is 124 cm³/mol. The molecule has 1 saturated heterocycles. The summed E-state index contributed by atoms with van der Waals surface area (Å²) in [5, 5.41) is 3.03. The fraction of sp³-hybridized carbons (Fsp3) is 0.462. The second kappa shape index (κ2) is 11.3. The molecule has 0 spiro atoms. The Kier molecular flexibility index (Phi) is 7.94. The van der Waals surface area contributed by atoms with Gasteiger partial charge in [0.2, 0.25) is 5.91 Å². The highest BCUT2D eigenvalue weighted by Gasteiger charge is 2.37. The molecule has 2 aromatic carbocycles. The molecule has 33 heavy (non-hydrogen) atoms. The lowest BCUT2D eigenvalue weighted by atomic mass is 9.95. The van der Waals surface area contributed by atoms with Crippen molar-refractivity contribution in [2.24, 2.45) is 5.92 Å². The number of carbonyl (C=O) groups is 2. The quantitative estimate of drug-likeness (QED) is 0.667. The van der Waals surface area contributed by atoms with Crippen molar-refractivity contribution in [1.82, 2.24) is 15.1 Å². The third-order valence-electron chi connectivity index (χ3n) is 6.64. The van der Waals surface area contributed by atoms with Gasteiger partial charge in [-0.2, -0.15) is 0 Å². The van der Waals surface area contributed by atoms with E-state index >= 15 is 0 Å². The fourth-order valence-electron chi connectivity index (χ4n) is 4.89. The molecule has 1 heterocycles. The number of nitrogens with one attached hydrogen (secondary N) is 1. The molecule has 1 aliphatic heterocycles. The van der Waals surface area contributed by atoms with E-state index in [-0.39, 0.29) is 30.3 Å². The summed E-state index contributed by atoms with van der Waals surface area (Å²) in [6.45, 7) is 2.81. The first-order valence-electron chi connectivity index (χ1n) is 11.8. The second-order valence-electron chi connectivity index (χ2n) is 8.86. The predicted octanol–water partition coefficient (Wildman–Crippen LogP) is 3.22. The molecule has 1 unspecified atom stereocenters. The van der Waals surface area contributed by atoms with E-state index in [1.165, 1.54) is 12.1 Å². The van der Waals surface area contributed by atoms with E-state index in [1.54, 1.807) is 6.07 Å². The molecule has 0 bridgehead atoms. The lowest BCUT2D eigenvalue weighted by Crippen LogP contribution is -2.58. The number of piperazine rings is 1. The van der Waals surface area contributed by atoms with Crippen LogP contribution in [0.15, 0.2) is 54.6 Å². The minimum Gasteiger partial charge on any atom is -0.484 e. The minimum absolute atomic E-state index is 0.00153. The van der Waals surface area contributed by atoms with E-state index in [0.29, 0.717) is 44.4 Å². The van der Waals surface area contributed by atoms with Crippen LogP contribution in [0.2, 0.25) is 0 Å². The van der Waals surface area contributed by atoms with E-state index in [2.05, 4.69) is 10.2 Å². The number of para-hydroxylation sites is 1. The normalized spacial score (nSPS) is 18.2. The molecule has 2 aromatic rings. The van der Waals surface area contributed by atoms with E-state index < -0.39 is 0 Å². The average Bonchev–Trinajstić information content (AvgIpc) is 3.37. The average molecular weight is 454 g/mol. The summed E-state index contributed by atoms with van der Waals surface area (Å²) < 4.78 is 19.1. The largest absolute Gasteiger partial charge is 0.484 e. The summed E-state index contributed by atoms with van der Waals surface area (Å²) in [6.07, 6.45) is 4.38. The number of rotatable bonds is 8. The molecule has 1 atom stereocenters. The van der Waals surface area contributed by atoms with Crippen LogP contribution in [-0.4, -0.2) is 60.4 Å². The highest BCUT2D eigenvalue weighted by Crippen LogP contribution is 2.31. The maximum atomic E-state index is 13.5. The van der Waals surface area contributed by atoms with Crippen LogP contribution in [0.1, 0.15) is 31.2 Å². The van der Waals surface area contributed by atoms with Crippen LogP contribution in [0.5, 0.6) is 5.75 Å². The van der Waals surface area contributed by atoms with Crippen LogP contribution >= 0.6 is 0 Å². The SMILES string of the molecule is O=C(NCc1cccc(F)c1)C(C1CCCC1)N1CCN(C(=O)COc2ccccc2)CC1. The number of hydrogen-bond donors (Lipinski definition) is 1. The second-order valence-corrected chi connectivity index (χ2v) is 8.86. The lowest BCUT2D eigenvalue weighted by Gasteiger charge is -2.40. The van der Waals surface area contributed by atoms with Gasteiger partial charge in [0.15, 0.2) is 6.61 Å². The van der Waals surface area contributed by atoms with Gasteiger partial charge in [0.05, 0.1) is 6.04 Å². The molecule has 2 aliphatic rings. The first kappa shape index (κ1) is 23.2. The molecule has 0 radical (unpaired) electrons. The Balaban J connectivity index is 1.31. The minimum atomic E-state index is -0.300. The molecule has 6 nitrogen and oxygen atoms in total. The van der Waals surface area contributed by atoms with E-state index in [9.17, 15) is 14.0 Å². The Bertz CT molecular complexity index is 925. The molecule has 1 aliphatic carbocycles. The molecular formula is C26H32FN3O3. The first-order chi connectivity index (χ1) is 16.1. The van der Waals surface area contributed by atoms with Gasteiger partial charge in [0, 0.05) is 32.7 Å². The van der Waals surface area contributed by atoms with E-state index in [4.69, 9.17) is 4.74 Å². The van der Waals surface area contributed by atoms with Crippen LogP contribution in [-0.2, 0) is 16.1 Å². The summed E-state index contributed by atoms with van der Waals surface area (Å²) in [5.74, 6) is 0.665. The molecule has 2 fully saturated rings. The third kappa shape index (κ3) is 6.32. The Morgan fingerprint density at radius 1 is 1.00 bits per heavy atom. The lowest BCUT2D eigenvalue weighted by molar-refractivity contribution is -0.137. The molecular weight excluding hydrogens is 421 g/mol. The molecule has 1 saturated carbocycles. The monoisotopic (exact) mass is 453 g/mol. The third-order valence-corrected chi connectivity index (χ3v) is 6.64. The van der Waals surface area contributed by atoms with Crippen LogP contribution in [0.3, 0.4) is 0 Å². The van der Waals surface area contributed by atoms with Gasteiger partial charge >= 0.3 is 0 Å². The van der Waals surface area contributed by atoms with Gasteiger partial charge in [-0.1, -0.05) is 43.2 Å². The van der Waals surface area contributed by atoms with Crippen LogP contribution < -0.4 is 10.1 Å². The zero-order valence-corrected chi connectivity index (χ0v) is 18.9. The highest BCUT2D eigenvalue weighted by molar-refractivity contribution is 5.82. The van der Waals surface area contributed by atoms with Crippen molar-refractivity contribution in [3.63, 3.8) is 0 Å². The summed E-state index contributed by atoms with van der Waals surface area (Å²) in [6, 6.07) is 15.4. The van der Waals surface area contributed by atoms with Gasteiger partial charge in [-0.05, 0) is 48.6 Å². The molecule has 1 N–H and O–H groups in total. The van der Waals surface area contributed by atoms with Crippen LogP contribution in [0, 0.1) is 11.7 Å².